The van der Waals surface area contributed by atoms with Crippen molar-refractivity contribution in [3.05, 3.63) is 42.4 Å². The Balaban J connectivity index is 1.73. The first-order chi connectivity index (χ1) is 12.9. The van der Waals surface area contributed by atoms with Crippen LogP contribution >= 0.6 is 0 Å². The number of carbonyl (C=O) groups excluding carboxylic acids is 1. The maximum Gasteiger partial charge on any atom is 0.242 e. The third-order valence-electron chi connectivity index (χ3n) is 4.57. The van der Waals surface area contributed by atoms with E-state index in [0.717, 1.165) is 25.1 Å². The van der Waals surface area contributed by atoms with E-state index in [-0.39, 0.29) is 11.8 Å². The summed E-state index contributed by atoms with van der Waals surface area (Å²) in [7, 11) is 1.61. The van der Waals surface area contributed by atoms with Gasteiger partial charge in [-0.05, 0) is 38.8 Å². The van der Waals surface area contributed by atoms with Crippen molar-refractivity contribution in [3.8, 4) is 17.4 Å². The van der Waals surface area contributed by atoms with Crippen LogP contribution < -0.4 is 15.2 Å². The molecule has 0 bridgehead atoms. The van der Waals surface area contributed by atoms with Crippen molar-refractivity contribution < 1.29 is 14.3 Å². The monoisotopic (exact) mass is 370 g/mol. The van der Waals surface area contributed by atoms with Gasteiger partial charge in [-0.2, -0.15) is 0 Å². The first-order valence-electron chi connectivity index (χ1n) is 9.09. The van der Waals surface area contributed by atoms with Gasteiger partial charge in [-0.3, -0.25) is 9.78 Å². The second-order valence-electron chi connectivity index (χ2n) is 7.38. The molecule has 0 aliphatic carbocycles. The Labute approximate surface area is 159 Å². The lowest BCUT2D eigenvalue weighted by molar-refractivity contribution is -0.137. The van der Waals surface area contributed by atoms with Gasteiger partial charge in [-0.15, -0.1) is 0 Å². The van der Waals surface area contributed by atoms with Gasteiger partial charge in [0.15, 0.2) is 0 Å². The molecule has 2 N–H and O–H groups in total. The van der Waals surface area contributed by atoms with E-state index in [1.165, 1.54) is 0 Å². The summed E-state index contributed by atoms with van der Waals surface area (Å²) in [6.45, 7) is 4.79. The highest BCUT2D eigenvalue weighted by atomic mass is 16.5. The van der Waals surface area contributed by atoms with E-state index in [4.69, 9.17) is 15.2 Å². The highest BCUT2D eigenvalue weighted by molar-refractivity contribution is 5.85. The van der Waals surface area contributed by atoms with E-state index in [0.29, 0.717) is 23.9 Å². The van der Waals surface area contributed by atoms with Crippen LogP contribution in [-0.4, -0.2) is 46.5 Å². The Kier molecular flexibility index (Phi) is 5.60. The molecule has 1 aliphatic rings. The number of rotatable bonds is 5. The Morgan fingerprint density at radius 2 is 2.07 bits per heavy atom. The van der Waals surface area contributed by atoms with Crippen molar-refractivity contribution in [2.75, 3.05) is 20.2 Å². The number of aromatic nitrogens is 2. The number of methoxy groups -OCH3 is 1. The number of benzene rings is 1. The quantitative estimate of drug-likeness (QED) is 0.870. The molecule has 0 saturated carbocycles. The molecule has 2 heterocycles. The van der Waals surface area contributed by atoms with Crippen LogP contribution in [0.5, 0.6) is 17.4 Å². The summed E-state index contributed by atoms with van der Waals surface area (Å²) in [4.78, 5) is 23.2. The van der Waals surface area contributed by atoms with Gasteiger partial charge in [0.05, 0.1) is 24.5 Å². The molecular weight excluding hydrogens is 344 g/mol. The second-order valence-corrected chi connectivity index (χ2v) is 7.38. The summed E-state index contributed by atoms with van der Waals surface area (Å²) in [6, 6.07) is 7.33. The molecule has 1 saturated heterocycles. The molecule has 1 aromatic carbocycles. The van der Waals surface area contributed by atoms with Gasteiger partial charge in [0, 0.05) is 31.3 Å². The van der Waals surface area contributed by atoms with Crippen molar-refractivity contribution in [2.45, 2.75) is 38.1 Å². The summed E-state index contributed by atoms with van der Waals surface area (Å²) < 4.78 is 11.0. The minimum Gasteiger partial charge on any atom is -0.497 e. The van der Waals surface area contributed by atoms with Crippen LogP contribution in [0.2, 0.25) is 0 Å². The molecule has 1 aliphatic heterocycles. The number of carbonyl (C=O) groups is 1. The van der Waals surface area contributed by atoms with Gasteiger partial charge in [0.2, 0.25) is 11.8 Å². The van der Waals surface area contributed by atoms with Crippen molar-refractivity contribution >= 4 is 5.91 Å². The standard InChI is InChI=1S/C20H26N4O3/c1-20(2,21)19(25)24-9-5-6-14(13-24)17-11-22-12-18(23-17)27-16-8-4-7-15(10-16)26-3/h4,7-8,10-12,14H,5-6,9,13,21H2,1-3H3/t14-/m1/s1. The normalized spacial score (nSPS) is 17.5. The van der Waals surface area contributed by atoms with Crippen LogP contribution in [0.25, 0.3) is 0 Å². The molecule has 0 spiro atoms. The summed E-state index contributed by atoms with van der Waals surface area (Å²) in [6.07, 6.45) is 5.18. The van der Waals surface area contributed by atoms with Crippen LogP contribution in [-0.2, 0) is 4.79 Å². The average molecular weight is 370 g/mol. The summed E-state index contributed by atoms with van der Waals surface area (Å²) in [5.74, 6) is 1.84. The molecule has 144 valence electrons. The van der Waals surface area contributed by atoms with Gasteiger partial charge >= 0.3 is 0 Å². The molecule has 0 unspecified atom stereocenters. The molecule has 7 nitrogen and oxygen atoms in total. The van der Waals surface area contributed by atoms with Gasteiger partial charge in [-0.1, -0.05) is 6.07 Å². The predicted octanol–water partition coefficient (Wildman–Crippen LogP) is 2.72. The molecule has 1 fully saturated rings. The van der Waals surface area contributed by atoms with E-state index in [1.54, 1.807) is 39.4 Å². The van der Waals surface area contributed by atoms with Crippen LogP contribution in [0.3, 0.4) is 0 Å². The Hall–Kier alpha value is -2.67. The van der Waals surface area contributed by atoms with Crippen molar-refractivity contribution in [3.63, 3.8) is 0 Å². The van der Waals surface area contributed by atoms with Crippen molar-refractivity contribution in [1.29, 1.82) is 0 Å². The van der Waals surface area contributed by atoms with Gasteiger partial charge in [0.25, 0.3) is 0 Å². The van der Waals surface area contributed by atoms with Crippen molar-refractivity contribution in [1.82, 2.24) is 14.9 Å². The zero-order valence-corrected chi connectivity index (χ0v) is 16.0. The Morgan fingerprint density at radius 1 is 1.30 bits per heavy atom. The summed E-state index contributed by atoms with van der Waals surface area (Å²) in [5.41, 5.74) is 5.93. The Bertz CT molecular complexity index is 804. The highest BCUT2D eigenvalue weighted by Gasteiger charge is 2.32. The number of amides is 1. The molecule has 7 heteroatoms. The molecular formula is C20H26N4O3. The molecule has 1 aromatic heterocycles. The van der Waals surface area contributed by atoms with Gasteiger partial charge in [-0.25, -0.2) is 4.98 Å². The lowest BCUT2D eigenvalue weighted by atomic mass is 9.93. The lowest BCUT2D eigenvalue weighted by Crippen LogP contribution is -2.53. The van der Waals surface area contributed by atoms with E-state index in [1.807, 2.05) is 23.1 Å². The number of ether oxygens (including phenoxy) is 2. The fourth-order valence-corrected chi connectivity index (χ4v) is 3.20. The minimum atomic E-state index is -0.870. The smallest absolute Gasteiger partial charge is 0.242 e. The fraction of sp³-hybridized carbons (Fsp3) is 0.450. The maximum absolute atomic E-state index is 12.5. The SMILES string of the molecule is COc1cccc(Oc2cncc([C@@H]3CCCN(C(=O)C(C)(C)N)C3)n2)c1. The number of hydrogen-bond acceptors (Lipinski definition) is 6. The molecule has 27 heavy (non-hydrogen) atoms. The third-order valence-corrected chi connectivity index (χ3v) is 4.57. The van der Waals surface area contributed by atoms with Crippen molar-refractivity contribution in [2.24, 2.45) is 5.73 Å². The molecule has 2 aromatic rings. The van der Waals surface area contributed by atoms with Gasteiger partial charge < -0.3 is 20.1 Å². The van der Waals surface area contributed by atoms with E-state index < -0.39 is 5.54 Å². The number of nitrogens with two attached hydrogens (primary N) is 1. The van der Waals surface area contributed by atoms with Crippen LogP contribution in [0.4, 0.5) is 0 Å². The molecule has 1 atom stereocenters. The van der Waals surface area contributed by atoms with E-state index in [2.05, 4.69) is 9.97 Å². The molecule has 0 radical (unpaired) electrons. The van der Waals surface area contributed by atoms with Gasteiger partial charge in [0.1, 0.15) is 11.5 Å². The van der Waals surface area contributed by atoms with Crippen LogP contribution in [0, 0.1) is 0 Å². The Morgan fingerprint density at radius 3 is 2.81 bits per heavy atom. The number of nitrogens with zero attached hydrogens (tertiary/aromatic N) is 3. The number of likely N-dealkylation sites (tertiary alicyclic amines) is 1. The second kappa shape index (κ2) is 7.92. The average Bonchev–Trinajstić information content (AvgIpc) is 2.67. The zero-order chi connectivity index (χ0) is 19.4. The third kappa shape index (κ3) is 4.74. The first kappa shape index (κ1) is 19.1. The lowest BCUT2D eigenvalue weighted by Gasteiger charge is -2.36. The minimum absolute atomic E-state index is 0.0380. The molecule has 1 amide bonds. The largest absolute Gasteiger partial charge is 0.497 e. The van der Waals surface area contributed by atoms with Crippen LogP contribution in [0.1, 0.15) is 38.3 Å². The number of piperidine rings is 1. The molecule has 3 rings (SSSR count). The zero-order valence-electron chi connectivity index (χ0n) is 16.0. The maximum atomic E-state index is 12.5. The number of hydrogen-bond donors (Lipinski definition) is 1. The van der Waals surface area contributed by atoms with Crippen LogP contribution in [0.15, 0.2) is 36.7 Å². The highest BCUT2D eigenvalue weighted by Crippen LogP contribution is 2.29. The van der Waals surface area contributed by atoms with E-state index >= 15 is 0 Å². The predicted molar refractivity (Wildman–Crippen MR) is 102 cm³/mol. The fourth-order valence-electron chi connectivity index (χ4n) is 3.20. The first-order valence-corrected chi connectivity index (χ1v) is 9.09. The summed E-state index contributed by atoms with van der Waals surface area (Å²) in [5, 5.41) is 0. The topological polar surface area (TPSA) is 90.6 Å². The summed E-state index contributed by atoms with van der Waals surface area (Å²) >= 11 is 0. The van der Waals surface area contributed by atoms with E-state index in [9.17, 15) is 4.79 Å².